The Morgan fingerprint density at radius 1 is 0.407 bits per heavy atom. The molecule has 0 saturated carbocycles. The van der Waals surface area contributed by atoms with Gasteiger partial charge in [0.15, 0.2) is 0 Å². The number of benzene rings is 6. The van der Waals surface area contributed by atoms with Crippen LogP contribution in [0.15, 0.2) is 120 Å². The third-order valence-electron chi connectivity index (χ3n) is 11.3. The lowest BCUT2D eigenvalue weighted by molar-refractivity contribution is 0.547. The highest BCUT2D eigenvalue weighted by molar-refractivity contribution is 6.17. The topological polar surface area (TPSA) is 18.1 Å². The largest absolute Gasteiger partial charge is 0.455 e. The van der Waals surface area contributed by atoms with Gasteiger partial charge in [0.1, 0.15) is 11.2 Å². The number of furan rings is 1. The van der Waals surface area contributed by atoms with Crippen LogP contribution in [0.5, 0.6) is 0 Å². The first-order valence-corrected chi connectivity index (χ1v) is 19.6. The number of hydrogen-bond acceptors (Lipinski definition) is 1. The maximum absolute atomic E-state index is 7.22. The van der Waals surface area contributed by atoms with Gasteiger partial charge in [0.2, 0.25) is 0 Å². The molecule has 0 unspecified atom stereocenters. The van der Waals surface area contributed by atoms with E-state index in [4.69, 9.17) is 4.42 Å². The molecule has 274 valence electrons. The van der Waals surface area contributed by atoms with Gasteiger partial charge in [-0.25, -0.2) is 0 Å². The highest BCUT2D eigenvalue weighted by Crippen LogP contribution is 2.50. The molecule has 2 heterocycles. The third kappa shape index (κ3) is 5.95. The minimum absolute atomic E-state index is 0.0214. The first kappa shape index (κ1) is 35.9. The first-order chi connectivity index (χ1) is 25.3. The Morgan fingerprint density at radius 2 is 0.963 bits per heavy atom. The molecule has 8 rings (SSSR count). The van der Waals surface area contributed by atoms with Crippen molar-refractivity contribution in [2.45, 2.75) is 105 Å². The molecule has 0 aliphatic heterocycles. The fraction of sp³-hybridized carbons (Fsp3) is 0.308. The Morgan fingerprint density at radius 3 is 1.59 bits per heavy atom. The summed E-state index contributed by atoms with van der Waals surface area (Å²) in [6, 6.07) is 42.9. The molecule has 0 radical (unpaired) electrons. The van der Waals surface area contributed by atoms with Gasteiger partial charge in [-0.2, -0.15) is 0 Å². The summed E-state index contributed by atoms with van der Waals surface area (Å²) in [7, 11) is 0. The zero-order valence-corrected chi connectivity index (χ0v) is 34.3. The Kier molecular flexibility index (Phi) is 8.13. The van der Waals surface area contributed by atoms with Gasteiger partial charge in [0.25, 0.3) is 0 Å². The van der Waals surface area contributed by atoms with Crippen molar-refractivity contribution in [3.8, 4) is 27.9 Å². The lowest BCUT2D eigenvalue weighted by Crippen LogP contribution is -2.18. The summed E-state index contributed by atoms with van der Waals surface area (Å²) in [6.07, 6.45) is 0. The van der Waals surface area contributed by atoms with Crippen LogP contribution >= 0.6 is 0 Å². The molecule has 2 heteroatoms. The van der Waals surface area contributed by atoms with Crippen molar-refractivity contribution >= 4 is 43.7 Å². The monoisotopic (exact) mass is 709 g/mol. The van der Waals surface area contributed by atoms with E-state index >= 15 is 0 Å². The molecule has 6 aromatic carbocycles. The number of rotatable bonds is 3. The van der Waals surface area contributed by atoms with Crippen LogP contribution in [-0.2, 0) is 21.7 Å². The fourth-order valence-electron chi connectivity index (χ4n) is 8.33. The third-order valence-corrected chi connectivity index (χ3v) is 11.3. The van der Waals surface area contributed by atoms with Gasteiger partial charge in [-0.3, -0.25) is 0 Å². The average Bonchev–Trinajstić information content (AvgIpc) is 3.65. The second-order valence-electron chi connectivity index (χ2n) is 19.6. The molecule has 2 nitrogen and oxygen atoms in total. The summed E-state index contributed by atoms with van der Waals surface area (Å²) in [5, 5.41) is 4.96. The van der Waals surface area contributed by atoms with Crippen molar-refractivity contribution in [1.82, 2.24) is 4.57 Å². The molecular weight excluding hydrogens is 655 g/mol. The summed E-state index contributed by atoms with van der Waals surface area (Å²) >= 11 is 0. The summed E-state index contributed by atoms with van der Waals surface area (Å²) in [5.74, 6) is 0. The highest BCUT2D eigenvalue weighted by atomic mass is 16.3. The van der Waals surface area contributed by atoms with Crippen LogP contribution in [0, 0.1) is 0 Å². The SMILES string of the molecule is CC(C)(C)c1cc(C(C)(C)C)c2oc3c(C(C)(C)C)cc(C(C)(C)C)c(-c4ccc5c(c4)c4ccccc4n5-c4ccc(-c5ccccc5)cc4)c3c2c1. The highest BCUT2D eigenvalue weighted by Gasteiger charge is 2.33. The molecule has 0 amide bonds. The molecule has 0 aliphatic carbocycles. The normalized spacial score (nSPS) is 13.2. The van der Waals surface area contributed by atoms with E-state index in [0.29, 0.717) is 0 Å². The number of nitrogens with zero attached hydrogens (tertiary/aromatic N) is 1. The minimum atomic E-state index is -0.120. The van der Waals surface area contributed by atoms with Crippen LogP contribution < -0.4 is 0 Å². The standard InChI is InChI=1S/C52H55NO/c1-49(2,3)35-29-39-46-45(40(50(4,5)6)31-42(52(10,11)12)48(46)54-47(39)41(30-35)51(7,8)9)34-24-27-44-38(28-34)37-20-16-17-21-43(37)53(44)36-25-22-33(23-26-36)32-18-14-13-15-19-32/h13-31H,1-12H3. The smallest absolute Gasteiger partial charge is 0.139 e. The quantitative estimate of drug-likeness (QED) is 0.179. The van der Waals surface area contributed by atoms with E-state index in [1.54, 1.807) is 0 Å². The molecule has 0 fully saturated rings. The van der Waals surface area contributed by atoms with Crippen molar-refractivity contribution in [1.29, 1.82) is 0 Å². The van der Waals surface area contributed by atoms with Crippen LogP contribution in [0.4, 0.5) is 0 Å². The number of aromatic nitrogens is 1. The van der Waals surface area contributed by atoms with Crippen molar-refractivity contribution in [3.05, 3.63) is 138 Å². The molecule has 0 atom stereocenters. The van der Waals surface area contributed by atoms with Crippen LogP contribution in [0.2, 0.25) is 0 Å². The Hall–Kier alpha value is -5.08. The second-order valence-corrected chi connectivity index (χ2v) is 19.6. The first-order valence-electron chi connectivity index (χ1n) is 19.6. The van der Waals surface area contributed by atoms with Crippen molar-refractivity contribution in [2.75, 3.05) is 0 Å². The number of fused-ring (bicyclic) bond motifs is 6. The van der Waals surface area contributed by atoms with Gasteiger partial charge in [0, 0.05) is 38.4 Å². The van der Waals surface area contributed by atoms with Crippen LogP contribution in [0.3, 0.4) is 0 Å². The summed E-state index contributed by atoms with van der Waals surface area (Å²) in [4.78, 5) is 0. The van der Waals surface area contributed by atoms with Crippen molar-refractivity contribution in [2.24, 2.45) is 0 Å². The molecule has 0 bridgehead atoms. The van der Waals surface area contributed by atoms with E-state index < -0.39 is 0 Å². The average molecular weight is 710 g/mol. The molecule has 8 aromatic rings. The van der Waals surface area contributed by atoms with Gasteiger partial charge in [-0.1, -0.05) is 162 Å². The van der Waals surface area contributed by atoms with Crippen LogP contribution in [0.25, 0.3) is 71.7 Å². The Bertz CT molecular complexity index is 2710. The second kappa shape index (κ2) is 12.2. The van der Waals surface area contributed by atoms with E-state index in [2.05, 4.69) is 203 Å². The molecule has 0 N–H and O–H groups in total. The lowest BCUT2D eigenvalue weighted by Gasteiger charge is -2.29. The van der Waals surface area contributed by atoms with E-state index in [9.17, 15) is 0 Å². The maximum Gasteiger partial charge on any atom is 0.139 e. The zero-order chi connectivity index (χ0) is 38.5. The Labute approximate surface area is 321 Å². The molecule has 0 saturated heterocycles. The van der Waals surface area contributed by atoms with E-state index in [1.807, 2.05) is 0 Å². The molecular formula is C52H55NO. The van der Waals surface area contributed by atoms with Gasteiger partial charge in [-0.15, -0.1) is 0 Å². The molecule has 54 heavy (non-hydrogen) atoms. The van der Waals surface area contributed by atoms with Crippen molar-refractivity contribution in [3.63, 3.8) is 0 Å². The van der Waals surface area contributed by atoms with Crippen molar-refractivity contribution < 1.29 is 4.42 Å². The number of hydrogen-bond donors (Lipinski definition) is 0. The van der Waals surface area contributed by atoms with Gasteiger partial charge >= 0.3 is 0 Å². The number of para-hydroxylation sites is 1. The van der Waals surface area contributed by atoms with Crippen LogP contribution in [-0.4, -0.2) is 4.57 Å². The van der Waals surface area contributed by atoms with E-state index in [1.165, 1.54) is 77.1 Å². The van der Waals surface area contributed by atoms with Gasteiger partial charge < -0.3 is 8.98 Å². The van der Waals surface area contributed by atoms with Gasteiger partial charge in [0.05, 0.1) is 11.0 Å². The van der Waals surface area contributed by atoms with E-state index in [0.717, 1.165) is 16.9 Å². The minimum Gasteiger partial charge on any atom is -0.455 e. The summed E-state index contributed by atoms with van der Waals surface area (Å²) in [5.41, 5.74) is 15.4. The van der Waals surface area contributed by atoms with Gasteiger partial charge in [-0.05, 0) is 91.4 Å². The molecule has 0 aliphatic rings. The Balaban J connectivity index is 1.47. The molecule has 0 spiro atoms. The predicted molar refractivity (Wildman–Crippen MR) is 234 cm³/mol. The summed E-state index contributed by atoms with van der Waals surface area (Å²) in [6.45, 7) is 27.9. The van der Waals surface area contributed by atoms with E-state index in [-0.39, 0.29) is 21.7 Å². The zero-order valence-electron chi connectivity index (χ0n) is 34.3. The fourth-order valence-corrected chi connectivity index (χ4v) is 8.33. The summed E-state index contributed by atoms with van der Waals surface area (Å²) < 4.78 is 9.64. The predicted octanol–water partition coefficient (Wildman–Crippen LogP) is 15.2. The lowest BCUT2D eigenvalue weighted by atomic mass is 9.74. The maximum atomic E-state index is 7.22. The molecule has 2 aromatic heterocycles. The van der Waals surface area contributed by atoms with Crippen LogP contribution in [0.1, 0.15) is 105 Å².